The van der Waals surface area contributed by atoms with Gasteiger partial charge in [-0.25, -0.2) is 0 Å². The zero-order chi connectivity index (χ0) is 13.8. The minimum absolute atomic E-state index is 0.203. The number of rotatable bonds is 3. The van der Waals surface area contributed by atoms with Crippen LogP contribution >= 0.6 is 0 Å². The second-order valence-electron chi connectivity index (χ2n) is 6.47. The van der Waals surface area contributed by atoms with Gasteiger partial charge in [0.25, 0.3) is 0 Å². The third-order valence-electron chi connectivity index (χ3n) is 4.75. The Bertz CT molecular complexity index is 291. The molecule has 2 heterocycles. The smallest absolute Gasteiger partial charge is 0.236 e. The number of likely N-dealkylation sites (tertiary alicyclic amines) is 2. The number of hydrogen-bond acceptors (Lipinski definition) is 3. The van der Waals surface area contributed by atoms with Crippen LogP contribution in [0.5, 0.6) is 0 Å². The van der Waals surface area contributed by atoms with Crippen molar-refractivity contribution in [2.75, 3.05) is 32.7 Å². The van der Waals surface area contributed by atoms with Crippen LogP contribution < -0.4 is 0 Å². The van der Waals surface area contributed by atoms with Crippen LogP contribution in [0.1, 0.15) is 39.5 Å². The molecule has 2 rings (SSSR count). The van der Waals surface area contributed by atoms with Crippen molar-refractivity contribution in [1.82, 2.24) is 9.80 Å². The zero-order valence-electron chi connectivity index (χ0n) is 12.3. The molecule has 1 amide bonds. The molecule has 0 radical (unpaired) electrons. The largest absolute Gasteiger partial charge is 0.393 e. The molecule has 110 valence electrons. The summed E-state index contributed by atoms with van der Waals surface area (Å²) in [5.74, 6) is 1.84. The summed E-state index contributed by atoms with van der Waals surface area (Å²) in [6, 6.07) is 0. The van der Waals surface area contributed by atoms with E-state index in [1.807, 2.05) is 4.90 Å². The summed E-state index contributed by atoms with van der Waals surface area (Å²) < 4.78 is 0. The van der Waals surface area contributed by atoms with Crippen LogP contribution in [0.2, 0.25) is 0 Å². The predicted molar refractivity (Wildman–Crippen MR) is 75.8 cm³/mol. The fourth-order valence-electron chi connectivity index (χ4n) is 3.18. The number of piperidine rings is 2. The van der Waals surface area contributed by atoms with Crippen LogP contribution in [-0.4, -0.2) is 59.6 Å². The summed E-state index contributed by atoms with van der Waals surface area (Å²) in [5, 5.41) is 9.46. The highest BCUT2D eigenvalue weighted by Gasteiger charge is 2.26. The van der Waals surface area contributed by atoms with Gasteiger partial charge in [0.1, 0.15) is 0 Å². The Morgan fingerprint density at radius 3 is 2.21 bits per heavy atom. The maximum absolute atomic E-state index is 12.2. The van der Waals surface area contributed by atoms with Crippen LogP contribution in [0.4, 0.5) is 0 Å². The van der Waals surface area contributed by atoms with E-state index >= 15 is 0 Å². The Morgan fingerprint density at radius 2 is 1.68 bits per heavy atom. The van der Waals surface area contributed by atoms with Gasteiger partial charge in [-0.05, 0) is 50.6 Å². The highest BCUT2D eigenvalue weighted by Crippen LogP contribution is 2.24. The summed E-state index contributed by atoms with van der Waals surface area (Å²) in [4.78, 5) is 16.4. The monoisotopic (exact) mass is 268 g/mol. The quantitative estimate of drug-likeness (QED) is 0.840. The lowest BCUT2D eigenvalue weighted by molar-refractivity contribution is -0.134. The lowest BCUT2D eigenvalue weighted by Crippen LogP contribution is -2.47. The minimum atomic E-state index is -0.203. The number of aliphatic hydroxyl groups is 1. The van der Waals surface area contributed by atoms with E-state index in [1.165, 1.54) is 12.8 Å². The number of nitrogens with zero attached hydrogens (tertiary/aromatic N) is 2. The molecule has 0 aromatic carbocycles. The maximum Gasteiger partial charge on any atom is 0.236 e. The highest BCUT2D eigenvalue weighted by atomic mass is 16.3. The first-order valence-corrected chi connectivity index (χ1v) is 7.74. The second-order valence-corrected chi connectivity index (χ2v) is 6.47. The molecule has 0 aromatic heterocycles. The molecule has 0 atom stereocenters. The standard InChI is InChI=1S/C15H28N2O2/c1-12(2)13-3-7-16(8-4-13)11-15(19)17-9-5-14(18)6-10-17/h12-14,18H,3-11H2,1-2H3. The average molecular weight is 268 g/mol. The average Bonchev–Trinajstić information content (AvgIpc) is 2.40. The molecule has 19 heavy (non-hydrogen) atoms. The van der Waals surface area contributed by atoms with Gasteiger partial charge >= 0.3 is 0 Å². The summed E-state index contributed by atoms with van der Waals surface area (Å²) >= 11 is 0. The van der Waals surface area contributed by atoms with Crippen molar-refractivity contribution in [3.8, 4) is 0 Å². The number of carbonyl (C=O) groups excluding carboxylic acids is 1. The molecule has 1 N–H and O–H groups in total. The molecule has 0 bridgehead atoms. The van der Waals surface area contributed by atoms with Crippen LogP contribution in [0.25, 0.3) is 0 Å². The number of carbonyl (C=O) groups is 1. The second kappa shape index (κ2) is 6.71. The van der Waals surface area contributed by atoms with Crippen LogP contribution in [0, 0.1) is 11.8 Å². The minimum Gasteiger partial charge on any atom is -0.393 e. The summed E-state index contributed by atoms with van der Waals surface area (Å²) in [5.41, 5.74) is 0. The summed E-state index contributed by atoms with van der Waals surface area (Å²) in [6.07, 6.45) is 3.72. The van der Waals surface area contributed by atoms with Gasteiger partial charge in [-0.1, -0.05) is 13.8 Å². The van der Waals surface area contributed by atoms with Gasteiger partial charge in [0.05, 0.1) is 12.6 Å². The Balaban J connectivity index is 1.72. The molecule has 0 aliphatic carbocycles. The Morgan fingerprint density at radius 1 is 1.11 bits per heavy atom. The first kappa shape index (κ1) is 14.8. The number of amides is 1. The van der Waals surface area contributed by atoms with Gasteiger partial charge < -0.3 is 10.0 Å². The topological polar surface area (TPSA) is 43.8 Å². The normalized spacial score (nSPS) is 24.1. The molecular formula is C15H28N2O2. The van der Waals surface area contributed by atoms with Crippen LogP contribution in [-0.2, 0) is 4.79 Å². The van der Waals surface area contributed by atoms with Crippen molar-refractivity contribution in [3.05, 3.63) is 0 Å². The summed E-state index contributed by atoms with van der Waals surface area (Å²) in [7, 11) is 0. The van der Waals surface area contributed by atoms with Gasteiger partial charge in [-0.15, -0.1) is 0 Å². The fourth-order valence-corrected chi connectivity index (χ4v) is 3.18. The van der Waals surface area contributed by atoms with Crippen molar-refractivity contribution < 1.29 is 9.90 Å². The van der Waals surface area contributed by atoms with Crippen molar-refractivity contribution >= 4 is 5.91 Å². The third-order valence-corrected chi connectivity index (χ3v) is 4.75. The van der Waals surface area contributed by atoms with Crippen LogP contribution in [0.3, 0.4) is 0 Å². The molecule has 2 fully saturated rings. The predicted octanol–water partition coefficient (Wildman–Crippen LogP) is 1.34. The zero-order valence-corrected chi connectivity index (χ0v) is 12.3. The lowest BCUT2D eigenvalue weighted by atomic mass is 9.87. The third kappa shape index (κ3) is 4.18. The number of hydrogen-bond donors (Lipinski definition) is 1. The molecule has 4 nitrogen and oxygen atoms in total. The van der Waals surface area contributed by atoms with Gasteiger partial charge in [-0.3, -0.25) is 9.69 Å². The molecule has 2 aliphatic rings. The molecule has 4 heteroatoms. The molecule has 0 spiro atoms. The Hall–Kier alpha value is -0.610. The van der Waals surface area contributed by atoms with E-state index in [0.29, 0.717) is 6.54 Å². The Kier molecular flexibility index (Phi) is 5.22. The van der Waals surface area contributed by atoms with E-state index in [4.69, 9.17) is 0 Å². The van der Waals surface area contributed by atoms with Gasteiger partial charge in [-0.2, -0.15) is 0 Å². The first-order valence-electron chi connectivity index (χ1n) is 7.74. The van der Waals surface area contributed by atoms with E-state index in [-0.39, 0.29) is 12.0 Å². The van der Waals surface area contributed by atoms with Crippen molar-refractivity contribution in [2.24, 2.45) is 11.8 Å². The van der Waals surface area contributed by atoms with Crippen LogP contribution in [0.15, 0.2) is 0 Å². The van der Waals surface area contributed by atoms with Crippen molar-refractivity contribution in [2.45, 2.75) is 45.6 Å². The molecule has 2 aliphatic heterocycles. The summed E-state index contributed by atoms with van der Waals surface area (Å²) in [6.45, 7) is 8.73. The van der Waals surface area contributed by atoms with Gasteiger partial charge in [0.15, 0.2) is 0 Å². The molecule has 0 aromatic rings. The lowest BCUT2D eigenvalue weighted by Gasteiger charge is -2.36. The van der Waals surface area contributed by atoms with E-state index in [0.717, 1.165) is 50.9 Å². The number of aliphatic hydroxyl groups excluding tert-OH is 1. The molecular weight excluding hydrogens is 240 g/mol. The maximum atomic E-state index is 12.2. The highest BCUT2D eigenvalue weighted by molar-refractivity contribution is 5.78. The molecule has 0 saturated carbocycles. The first-order chi connectivity index (χ1) is 9.06. The SMILES string of the molecule is CC(C)C1CCN(CC(=O)N2CCC(O)CC2)CC1. The Labute approximate surface area is 116 Å². The van der Waals surface area contributed by atoms with E-state index in [2.05, 4.69) is 18.7 Å². The molecule has 2 saturated heterocycles. The molecule has 0 unspecified atom stereocenters. The van der Waals surface area contributed by atoms with E-state index < -0.39 is 0 Å². The van der Waals surface area contributed by atoms with E-state index in [1.54, 1.807) is 0 Å². The van der Waals surface area contributed by atoms with Crippen molar-refractivity contribution in [1.29, 1.82) is 0 Å². The van der Waals surface area contributed by atoms with Gasteiger partial charge in [0, 0.05) is 13.1 Å². The van der Waals surface area contributed by atoms with E-state index in [9.17, 15) is 9.90 Å². The fraction of sp³-hybridized carbons (Fsp3) is 0.933. The van der Waals surface area contributed by atoms with Gasteiger partial charge in [0.2, 0.25) is 5.91 Å². The van der Waals surface area contributed by atoms with Crippen molar-refractivity contribution in [3.63, 3.8) is 0 Å².